The van der Waals surface area contributed by atoms with Gasteiger partial charge in [-0.15, -0.1) is 11.3 Å². The zero-order valence-electron chi connectivity index (χ0n) is 12.8. The van der Waals surface area contributed by atoms with E-state index in [9.17, 15) is 14.4 Å². The summed E-state index contributed by atoms with van der Waals surface area (Å²) in [7, 11) is 0. The summed E-state index contributed by atoms with van der Waals surface area (Å²) in [4.78, 5) is 38.6. The standard InChI is InChI=1S/C15H20N2O4S/c1-9-7-12(10(2)22-9)15(20)21-8-13(18)17-5-3-11(4-6-17)14(16)19/h7,11H,3-6,8H2,1-2H3,(H2,16,19). The van der Waals surface area contributed by atoms with Gasteiger partial charge in [-0.25, -0.2) is 4.79 Å². The summed E-state index contributed by atoms with van der Waals surface area (Å²) in [5.74, 6) is -1.19. The van der Waals surface area contributed by atoms with Gasteiger partial charge in [-0.3, -0.25) is 9.59 Å². The summed E-state index contributed by atoms with van der Waals surface area (Å²) in [5.41, 5.74) is 5.77. The van der Waals surface area contributed by atoms with Crippen LogP contribution in [0.2, 0.25) is 0 Å². The Hall–Kier alpha value is -1.89. The average molecular weight is 324 g/mol. The van der Waals surface area contributed by atoms with Gasteiger partial charge in [0.05, 0.1) is 5.56 Å². The molecular weight excluding hydrogens is 304 g/mol. The van der Waals surface area contributed by atoms with Gasteiger partial charge >= 0.3 is 5.97 Å². The summed E-state index contributed by atoms with van der Waals surface area (Å²) in [5, 5.41) is 0. The van der Waals surface area contributed by atoms with E-state index < -0.39 is 5.97 Å². The molecule has 1 aliphatic rings. The molecule has 120 valence electrons. The molecule has 0 aliphatic carbocycles. The number of rotatable bonds is 4. The summed E-state index contributed by atoms with van der Waals surface area (Å²) in [6, 6.07) is 1.77. The molecule has 2 N–H and O–H groups in total. The van der Waals surface area contributed by atoms with Crippen LogP contribution in [-0.2, 0) is 14.3 Å². The molecule has 7 heteroatoms. The Morgan fingerprint density at radius 1 is 1.32 bits per heavy atom. The van der Waals surface area contributed by atoms with Crippen LogP contribution >= 0.6 is 11.3 Å². The van der Waals surface area contributed by atoms with Gasteiger partial charge in [0.2, 0.25) is 5.91 Å². The van der Waals surface area contributed by atoms with E-state index in [0.717, 1.165) is 9.75 Å². The maximum absolute atomic E-state index is 12.0. The molecule has 1 saturated heterocycles. The van der Waals surface area contributed by atoms with Gasteiger partial charge in [-0.05, 0) is 32.8 Å². The van der Waals surface area contributed by atoms with Crippen molar-refractivity contribution in [1.29, 1.82) is 0 Å². The maximum atomic E-state index is 12.0. The monoisotopic (exact) mass is 324 g/mol. The van der Waals surface area contributed by atoms with Gasteiger partial charge in [0, 0.05) is 28.8 Å². The first-order valence-electron chi connectivity index (χ1n) is 7.19. The van der Waals surface area contributed by atoms with E-state index in [1.165, 1.54) is 11.3 Å². The molecule has 6 nitrogen and oxygen atoms in total. The average Bonchev–Trinajstić information content (AvgIpc) is 2.83. The quantitative estimate of drug-likeness (QED) is 0.844. The zero-order chi connectivity index (χ0) is 16.3. The number of aryl methyl sites for hydroxylation is 2. The van der Waals surface area contributed by atoms with Crippen molar-refractivity contribution >= 4 is 29.1 Å². The lowest BCUT2D eigenvalue weighted by molar-refractivity contribution is -0.137. The van der Waals surface area contributed by atoms with Gasteiger partial charge in [-0.1, -0.05) is 0 Å². The minimum atomic E-state index is -0.470. The highest BCUT2D eigenvalue weighted by Gasteiger charge is 2.26. The molecular formula is C15H20N2O4S. The largest absolute Gasteiger partial charge is 0.452 e. The molecule has 0 saturated carbocycles. The number of nitrogens with zero attached hydrogens (tertiary/aromatic N) is 1. The molecule has 2 heterocycles. The zero-order valence-corrected chi connectivity index (χ0v) is 13.6. The summed E-state index contributed by atoms with van der Waals surface area (Å²) in [6.45, 7) is 4.45. The van der Waals surface area contributed by atoms with E-state index in [2.05, 4.69) is 0 Å². The number of nitrogens with two attached hydrogens (primary N) is 1. The summed E-state index contributed by atoms with van der Waals surface area (Å²) < 4.78 is 5.10. The van der Waals surface area contributed by atoms with Crippen LogP contribution in [0.25, 0.3) is 0 Å². The van der Waals surface area contributed by atoms with E-state index in [1.807, 2.05) is 13.8 Å². The second-order valence-electron chi connectivity index (χ2n) is 5.46. The number of piperidine rings is 1. The molecule has 2 amide bonds. The first-order valence-corrected chi connectivity index (χ1v) is 8.01. The highest BCUT2D eigenvalue weighted by atomic mass is 32.1. The maximum Gasteiger partial charge on any atom is 0.339 e. The predicted molar refractivity (Wildman–Crippen MR) is 82.6 cm³/mol. The Labute approximate surface area is 133 Å². The first-order chi connectivity index (χ1) is 10.4. The van der Waals surface area contributed by atoms with E-state index >= 15 is 0 Å². The number of carbonyl (C=O) groups excluding carboxylic acids is 3. The molecule has 0 aromatic carbocycles. The van der Waals surface area contributed by atoms with Crippen LogP contribution in [0.4, 0.5) is 0 Å². The number of hydrogen-bond donors (Lipinski definition) is 1. The third-order valence-electron chi connectivity index (χ3n) is 3.84. The Bertz CT molecular complexity index is 588. The Kier molecular flexibility index (Phi) is 5.18. The fourth-order valence-corrected chi connectivity index (χ4v) is 3.46. The molecule has 1 aromatic rings. The molecule has 1 fully saturated rings. The SMILES string of the molecule is Cc1cc(C(=O)OCC(=O)N2CCC(C(N)=O)CC2)c(C)s1. The van der Waals surface area contributed by atoms with Crippen LogP contribution in [0, 0.1) is 19.8 Å². The third kappa shape index (κ3) is 3.85. The smallest absolute Gasteiger partial charge is 0.339 e. The van der Waals surface area contributed by atoms with Gasteiger partial charge in [0.1, 0.15) is 0 Å². The first kappa shape index (κ1) is 16.5. The number of amides is 2. The topological polar surface area (TPSA) is 89.7 Å². The van der Waals surface area contributed by atoms with Crippen molar-refractivity contribution in [2.45, 2.75) is 26.7 Å². The van der Waals surface area contributed by atoms with Crippen molar-refractivity contribution in [1.82, 2.24) is 4.90 Å². The van der Waals surface area contributed by atoms with Crippen LogP contribution in [0.3, 0.4) is 0 Å². The van der Waals surface area contributed by atoms with E-state index in [4.69, 9.17) is 10.5 Å². The van der Waals surface area contributed by atoms with Crippen LogP contribution in [0.1, 0.15) is 33.0 Å². The van der Waals surface area contributed by atoms with E-state index in [0.29, 0.717) is 31.5 Å². The summed E-state index contributed by atoms with van der Waals surface area (Å²) >= 11 is 1.52. The molecule has 0 bridgehead atoms. The minimum absolute atomic E-state index is 0.164. The van der Waals surface area contributed by atoms with Gasteiger partial charge < -0.3 is 15.4 Å². The fourth-order valence-electron chi connectivity index (χ4n) is 2.54. The van der Waals surface area contributed by atoms with Crippen LogP contribution in [0.15, 0.2) is 6.07 Å². The lowest BCUT2D eigenvalue weighted by atomic mass is 9.96. The minimum Gasteiger partial charge on any atom is -0.452 e. The Morgan fingerprint density at radius 3 is 2.45 bits per heavy atom. The molecule has 0 radical (unpaired) electrons. The van der Waals surface area contributed by atoms with Gasteiger partial charge in [0.15, 0.2) is 6.61 Å². The molecule has 1 aromatic heterocycles. The van der Waals surface area contributed by atoms with Crippen molar-refractivity contribution in [2.24, 2.45) is 11.7 Å². The Morgan fingerprint density at radius 2 is 1.95 bits per heavy atom. The van der Waals surface area contributed by atoms with Crippen molar-refractivity contribution in [3.05, 3.63) is 21.4 Å². The van der Waals surface area contributed by atoms with Gasteiger partial charge in [-0.2, -0.15) is 0 Å². The van der Waals surface area contributed by atoms with Gasteiger partial charge in [0.25, 0.3) is 5.91 Å². The normalized spacial score (nSPS) is 15.6. The number of carbonyl (C=O) groups is 3. The molecule has 0 unspecified atom stereocenters. The number of thiophene rings is 1. The molecule has 0 spiro atoms. The molecule has 2 rings (SSSR count). The third-order valence-corrected chi connectivity index (χ3v) is 4.80. The lowest BCUT2D eigenvalue weighted by Gasteiger charge is -2.30. The lowest BCUT2D eigenvalue weighted by Crippen LogP contribution is -2.43. The van der Waals surface area contributed by atoms with E-state index in [1.54, 1.807) is 11.0 Å². The van der Waals surface area contributed by atoms with Crippen LogP contribution in [0.5, 0.6) is 0 Å². The van der Waals surface area contributed by atoms with Crippen LogP contribution in [-0.4, -0.2) is 42.4 Å². The fraction of sp³-hybridized carbons (Fsp3) is 0.533. The molecule has 22 heavy (non-hydrogen) atoms. The summed E-state index contributed by atoms with van der Waals surface area (Å²) in [6.07, 6.45) is 1.13. The predicted octanol–water partition coefficient (Wildman–Crippen LogP) is 1.25. The van der Waals surface area contributed by atoms with E-state index in [-0.39, 0.29) is 24.3 Å². The number of hydrogen-bond acceptors (Lipinski definition) is 5. The van der Waals surface area contributed by atoms with Crippen molar-refractivity contribution in [2.75, 3.05) is 19.7 Å². The molecule has 0 atom stereocenters. The Balaban J connectivity index is 1.82. The second-order valence-corrected chi connectivity index (χ2v) is 6.92. The highest BCUT2D eigenvalue weighted by molar-refractivity contribution is 7.12. The van der Waals surface area contributed by atoms with Crippen molar-refractivity contribution < 1.29 is 19.1 Å². The van der Waals surface area contributed by atoms with Crippen LogP contribution < -0.4 is 5.73 Å². The number of primary amides is 1. The van der Waals surface area contributed by atoms with Crippen molar-refractivity contribution in [3.8, 4) is 0 Å². The number of likely N-dealkylation sites (tertiary alicyclic amines) is 1. The number of ether oxygens (including phenoxy) is 1. The molecule has 1 aliphatic heterocycles. The second kappa shape index (κ2) is 6.91. The number of esters is 1. The highest BCUT2D eigenvalue weighted by Crippen LogP contribution is 2.21. The van der Waals surface area contributed by atoms with Crippen molar-refractivity contribution in [3.63, 3.8) is 0 Å².